The zero-order valence-electron chi connectivity index (χ0n) is 22.5. The van der Waals surface area contributed by atoms with E-state index < -0.39 is 16.8 Å². The number of ether oxygens (including phenoxy) is 3. The minimum Gasteiger partial charge on any atom is -0.493 e. The Labute approximate surface area is 231 Å². The van der Waals surface area contributed by atoms with Gasteiger partial charge in [-0.3, -0.25) is 14.9 Å². The highest BCUT2D eigenvalue weighted by molar-refractivity contribution is 6.32. The van der Waals surface area contributed by atoms with Crippen molar-refractivity contribution in [3.63, 3.8) is 0 Å². The van der Waals surface area contributed by atoms with Gasteiger partial charge in [0.2, 0.25) is 0 Å². The summed E-state index contributed by atoms with van der Waals surface area (Å²) in [6.45, 7) is 5.44. The number of dihydropyridines is 1. The average molecular weight is 555 g/mol. The predicted octanol–water partition coefficient (Wildman–Crippen LogP) is 5.97. The molecule has 1 heterocycles. The summed E-state index contributed by atoms with van der Waals surface area (Å²) in [6.07, 6.45) is 0.954. The maximum atomic E-state index is 13.8. The fourth-order valence-corrected chi connectivity index (χ4v) is 5.35. The third-order valence-electron chi connectivity index (χ3n) is 7.31. The number of carbonyl (C=O) groups is 2. The van der Waals surface area contributed by atoms with Crippen LogP contribution in [0.5, 0.6) is 11.5 Å². The number of nitro groups is 1. The molecule has 0 aromatic heterocycles. The highest BCUT2D eigenvalue weighted by Crippen LogP contribution is 2.47. The van der Waals surface area contributed by atoms with Crippen LogP contribution in [0.2, 0.25) is 5.02 Å². The summed E-state index contributed by atoms with van der Waals surface area (Å²) in [5.41, 5.74) is 2.91. The Morgan fingerprint density at radius 2 is 1.82 bits per heavy atom. The Bertz CT molecular complexity index is 1400. The zero-order chi connectivity index (χ0) is 28.4. The number of allylic oxidation sites excluding steroid dienone is 3. The van der Waals surface area contributed by atoms with Crippen molar-refractivity contribution in [1.82, 2.24) is 5.32 Å². The number of esters is 1. The van der Waals surface area contributed by atoms with Gasteiger partial charge in [0, 0.05) is 35.4 Å². The van der Waals surface area contributed by atoms with Crippen molar-refractivity contribution in [1.29, 1.82) is 0 Å². The molecular weight excluding hydrogens is 524 g/mol. The first-order chi connectivity index (χ1) is 18.6. The van der Waals surface area contributed by atoms with E-state index in [9.17, 15) is 19.7 Å². The Morgan fingerprint density at radius 1 is 1.13 bits per heavy atom. The lowest BCUT2D eigenvalue weighted by molar-refractivity contribution is -0.384. The van der Waals surface area contributed by atoms with E-state index in [-0.39, 0.29) is 40.5 Å². The van der Waals surface area contributed by atoms with Gasteiger partial charge in [-0.15, -0.1) is 0 Å². The van der Waals surface area contributed by atoms with Crippen molar-refractivity contribution >= 4 is 29.0 Å². The van der Waals surface area contributed by atoms with Crippen LogP contribution < -0.4 is 14.8 Å². The number of nitro benzene ring substituents is 1. The first-order valence-corrected chi connectivity index (χ1v) is 13.1. The van der Waals surface area contributed by atoms with Crippen LogP contribution >= 0.6 is 11.6 Å². The van der Waals surface area contributed by atoms with Crippen LogP contribution in [0.15, 0.2) is 58.9 Å². The van der Waals surface area contributed by atoms with Crippen LogP contribution in [0, 0.1) is 10.1 Å². The van der Waals surface area contributed by atoms with Crippen LogP contribution in [-0.4, -0.2) is 37.0 Å². The van der Waals surface area contributed by atoms with E-state index in [0.717, 1.165) is 5.56 Å². The normalized spacial score (nSPS) is 19.7. The third kappa shape index (κ3) is 5.49. The maximum Gasteiger partial charge on any atom is 0.337 e. The fourth-order valence-electron chi connectivity index (χ4n) is 5.16. The number of rotatable bonds is 8. The topological polar surface area (TPSA) is 117 Å². The highest BCUT2D eigenvalue weighted by Gasteiger charge is 2.42. The lowest BCUT2D eigenvalue weighted by Gasteiger charge is -2.37. The summed E-state index contributed by atoms with van der Waals surface area (Å²) in [7, 11) is 3.12. The number of nitrogens with zero attached hydrogens (tertiary/aromatic N) is 1. The number of halogens is 1. The van der Waals surface area contributed by atoms with Gasteiger partial charge in [0.15, 0.2) is 17.3 Å². The van der Waals surface area contributed by atoms with Crippen molar-refractivity contribution in [3.8, 4) is 11.5 Å². The molecule has 2 aromatic rings. The lowest BCUT2D eigenvalue weighted by atomic mass is 9.71. The molecule has 10 heteroatoms. The van der Waals surface area contributed by atoms with E-state index in [1.807, 2.05) is 19.1 Å². The molecule has 0 amide bonds. The van der Waals surface area contributed by atoms with Gasteiger partial charge in [-0.25, -0.2) is 4.79 Å². The molecule has 0 unspecified atom stereocenters. The molecule has 2 aromatic carbocycles. The second kappa shape index (κ2) is 11.5. The van der Waals surface area contributed by atoms with Crippen LogP contribution in [0.1, 0.15) is 63.0 Å². The number of hydrogen-bond donors (Lipinski definition) is 1. The molecule has 0 bridgehead atoms. The number of hydrogen-bond acceptors (Lipinski definition) is 8. The Kier molecular flexibility index (Phi) is 8.30. The van der Waals surface area contributed by atoms with Crippen LogP contribution in [0.4, 0.5) is 5.69 Å². The largest absolute Gasteiger partial charge is 0.493 e. The molecule has 4 rings (SSSR count). The Morgan fingerprint density at radius 3 is 2.46 bits per heavy atom. The van der Waals surface area contributed by atoms with Gasteiger partial charge in [-0.1, -0.05) is 30.7 Å². The van der Waals surface area contributed by atoms with Crippen molar-refractivity contribution in [2.45, 2.75) is 58.0 Å². The molecule has 0 radical (unpaired) electrons. The molecule has 0 saturated heterocycles. The summed E-state index contributed by atoms with van der Waals surface area (Å²) in [5.74, 6) is -0.563. The fraction of sp³-hybridized carbons (Fsp3) is 0.379. The van der Waals surface area contributed by atoms with Gasteiger partial charge in [-0.2, -0.15) is 0 Å². The van der Waals surface area contributed by atoms with Gasteiger partial charge in [0.25, 0.3) is 5.69 Å². The second-order valence-electron chi connectivity index (χ2n) is 9.72. The van der Waals surface area contributed by atoms with E-state index in [2.05, 4.69) is 5.32 Å². The van der Waals surface area contributed by atoms with Crippen LogP contribution in [0.3, 0.4) is 0 Å². The molecule has 206 valence electrons. The monoisotopic (exact) mass is 554 g/mol. The molecule has 0 fully saturated rings. The molecular formula is C29H31ClN2O7. The molecule has 1 aliphatic carbocycles. The minimum atomic E-state index is -0.840. The smallest absolute Gasteiger partial charge is 0.337 e. The summed E-state index contributed by atoms with van der Waals surface area (Å²) >= 11 is 6.09. The third-order valence-corrected chi connectivity index (χ3v) is 7.63. The number of methoxy groups -OCH3 is 2. The summed E-state index contributed by atoms with van der Waals surface area (Å²) in [6, 6.07) is 9.95. The molecule has 1 N–H and O–H groups in total. The molecule has 39 heavy (non-hydrogen) atoms. The predicted molar refractivity (Wildman–Crippen MR) is 146 cm³/mol. The number of benzene rings is 2. The summed E-state index contributed by atoms with van der Waals surface area (Å²) in [4.78, 5) is 38.3. The first kappa shape index (κ1) is 28.2. The van der Waals surface area contributed by atoms with E-state index in [4.69, 9.17) is 25.8 Å². The first-order valence-electron chi connectivity index (χ1n) is 12.7. The number of Topliss-reactive ketones (excluding diaryl/α,β-unsaturated/α-hetero) is 1. The van der Waals surface area contributed by atoms with Crippen molar-refractivity contribution in [2.24, 2.45) is 0 Å². The van der Waals surface area contributed by atoms with Gasteiger partial charge < -0.3 is 19.5 Å². The summed E-state index contributed by atoms with van der Waals surface area (Å²) < 4.78 is 16.5. The Balaban J connectivity index is 1.82. The zero-order valence-corrected chi connectivity index (χ0v) is 23.3. The SMILES string of the molecule is CC[C@H](C)OC(=O)C1=C(C)NC2=C(C(=O)C[C@@H](c3ccc(OC)c(OC)c3)C2)[C@H]1c1ccc(Cl)c([N+](=O)[O-])c1. The van der Waals surface area contributed by atoms with E-state index in [1.165, 1.54) is 12.1 Å². The molecule has 1 aliphatic heterocycles. The minimum absolute atomic E-state index is 0.0280. The van der Waals surface area contributed by atoms with Gasteiger partial charge in [0.05, 0.1) is 30.8 Å². The molecule has 9 nitrogen and oxygen atoms in total. The van der Waals surface area contributed by atoms with Gasteiger partial charge >= 0.3 is 5.97 Å². The van der Waals surface area contributed by atoms with Crippen molar-refractivity contribution in [3.05, 3.63) is 85.2 Å². The lowest BCUT2D eigenvalue weighted by Crippen LogP contribution is -2.36. The number of ketones is 1. The molecule has 0 spiro atoms. The van der Waals surface area contributed by atoms with Crippen LogP contribution in [-0.2, 0) is 14.3 Å². The summed E-state index contributed by atoms with van der Waals surface area (Å²) in [5, 5.41) is 14.9. The van der Waals surface area contributed by atoms with Crippen molar-refractivity contribution in [2.75, 3.05) is 14.2 Å². The van der Waals surface area contributed by atoms with E-state index in [1.54, 1.807) is 40.2 Å². The van der Waals surface area contributed by atoms with Gasteiger partial charge in [0.1, 0.15) is 5.02 Å². The maximum absolute atomic E-state index is 13.8. The van der Waals surface area contributed by atoms with E-state index in [0.29, 0.717) is 46.9 Å². The number of carbonyl (C=O) groups excluding carboxylic acids is 2. The van der Waals surface area contributed by atoms with Gasteiger partial charge in [-0.05, 0) is 61.9 Å². The second-order valence-corrected chi connectivity index (χ2v) is 10.1. The highest BCUT2D eigenvalue weighted by atomic mass is 35.5. The molecule has 0 saturated carbocycles. The molecule has 3 atom stereocenters. The average Bonchev–Trinajstić information content (AvgIpc) is 2.91. The number of nitrogens with one attached hydrogen (secondary N) is 1. The quantitative estimate of drug-likeness (QED) is 0.241. The molecule has 2 aliphatic rings. The Hall–Kier alpha value is -3.85. The van der Waals surface area contributed by atoms with Crippen molar-refractivity contribution < 1.29 is 28.7 Å². The van der Waals surface area contributed by atoms with E-state index >= 15 is 0 Å². The van der Waals surface area contributed by atoms with Crippen LogP contribution in [0.25, 0.3) is 0 Å². The standard InChI is InChI=1S/C29H31ClN2O7/c1-6-15(2)39-29(34)26-16(3)31-21-11-19(17-8-10-24(37-4)25(14-17)38-5)13-23(33)28(21)27(26)18-7-9-20(30)22(12-18)32(35)36/h7-10,12,14-15,19,27,31H,6,11,13H2,1-5H3/t15-,19-,27-/m0/s1.